The highest BCUT2D eigenvalue weighted by molar-refractivity contribution is 6.23. The Morgan fingerprint density at radius 1 is 0.400 bits per heavy atom. The van der Waals surface area contributed by atoms with Gasteiger partial charge in [-0.3, -0.25) is 0 Å². The highest BCUT2D eigenvalue weighted by atomic mass is 16.3. The second-order valence-corrected chi connectivity index (χ2v) is 13.5. The molecule has 2 aromatic heterocycles. The molecule has 0 unspecified atom stereocenters. The summed E-state index contributed by atoms with van der Waals surface area (Å²) in [5, 5.41) is 11.7. The number of hydrogen-bond acceptors (Lipinski definition) is 2. The van der Waals surface area contributed by atoms with Crippen LogP contribution in [0.5, 0.6) is 0 Å². The van der Waals surface area contributed by atoms with Crippen LogP contribution in [0.2, 0.25) is 0 Å². The summed E-state index contributed by atoms with van der Waals surface area (Å²) in [7, 11) is 0. The SMILES string of the molecule is C1=CCCC(c2ccc(-c3c4ccccc4c(-c4ccc5oc6cc7c(ccc8c9ccccc9oc78)cc6c5c4)c4ccccc34)cc2)=C1. The summed E-state index contributed by atoms with van der Waals surface area (Å²) in [6.45, 7) is 0. The number of furan rings is 2. The van der Waals surface area contributed by atoms with Crippen LogP contribution in [0.4, 0.5) is 0 Å². The molecule has 2 heteroatoms. The Bertz CT molecular complexity index is 3020. The molecule has 0 N–H and O–H groups in total. The van der Waals surface area contributed by atoms with E-state index in [1.807, 2.05) is 12.1 Å². The van der Waals surface area contributed by atoms with Gasteiger partial charge in [0.15, 0.2) is 0 Å². The molecule has 0 radical (unpaired) electrons. The molecular weight excluding hydrogens is 609 g/mol. The fourth-order valence-electron chi connectivity index (χ4n) is 8.38. The van der Waals surface area contributed by atoms with Gasteiger partial charge in [0.05, 0.1) is 0 Å². The fraction of sp³-hybridized carbons (Fsp3) is 0.0417. The molecule has 0 atom stereocenters. The van der Waals surface area contributed by atoms with Crippen molar-refractivity contribution in [2.45, 2.75) is 12.8 Å². The second-order valence-electron chi connectivity index (χ2n) is 13.5. The van der Waals surface area contributed by atoms with Crippen LogP contribution in [0.15, 0.2) is 167 Å². The van der Waals surface area contributed by atoms with Gasteiger partial charge in [-0.1, -0.05) is 121 Å². The Balaban J connectivity index is 1.12. The molecule has 50 heavy (non-hydrogen) atoms. The van der Waals surface area contributed by atoms with E-state index < -0.39 is 0 Å². The third-order valence-electron chi connectivity index (χ3n) is 10.7. The average Bonchev–Trinajstić information content (AvgIpc) is 3.74. The van der Waals surface area contributed by atoms with Crippen LogP contribution >= 0.6 is 0 Å². The first-order valence-electron chi connectivity index (χ1n) is 17.4. The molecule has 2 nitrogen and oxygen atoms in total. The molecule has 0 amide bonds. The fourth-order valence-corrected chi connectivity index (χ4v) is 8.38. The normalized spacial score (nSPS) is 13.5. The number of hydrogen-bond donors (Lipinski definition) is 0. The number of para-hydroxylation sites is 1. The summed E-state index contributed by atoms with van der Waals surface area (Å²) in [4.78, 5) is 0. The van der Waals surface area contributed by atoms with E-state index in [0.717, 1.165) is 67.5 Å². The summed E-state index contributed by atoms with van der Waals surface area (Å²) < 4.78 is 12.9. The molecular formula is C48H30O2. The molecule has 0 saturated heterocycles. The summed E-state index contributed by atoms with van der Waals surface area (Å²) in [5.74, 6) is 0. The zero-order valence-electron chi connectivity index (χ0n) is 27.2. The van der Waals surface area contributed by atoms with Gasteiger partial charge < -0.3 is 8.83 Å². The molecule has 0 saturated carbocycles. The maximum absolute atomic E-state index is 6.53. The van der Waals surface area contributed by atoms with Crippen LogP contribution in [0, 0.1) is 0 Å². The van der Waals surface area contributed by atoms with Crippen molar-refractivity contribution in [2.75, 3.05) is 0 Å². The van der Waals surface area contributed by atoms with Crippen molar-refractivity contribution in [3.05, 3.63) is 163 Å². The second kappa shape index (κ2) is 10.6. The summed E-state index contributed by atoms with van der Waals surface area (Å²) >= 11 is 0. The van der Waals surface area contributed by atoms with Gasteiger partial charge in [0, 0.05) is 26.9 Å². The number of rotatable bonds is 3. The average molecular weight is 639 g/mol. The molecule has 11 rings (SSSR count). The van der Waals surface area contributed by atoms with Gasteiger partial charge >= 0.3 is 0 Å². The van der Waals surface area contributed by atoms with Crippen molar-refractivity contribution in [3.8, 4) is 22.3 Å². The van der Waals surface area contributed by atoms with Crippen LogP contribution in [0.3, 0.4) is 0 Å². The van der Waals surface area contributed by atoms with Gasteiger partial charge in [0.25, 0.3) is 0 Å². The van der Waals surface area contributed by atoms with Crippen LogP contribution in [-0.2, 0) is 0 Å². The molecule has 1 aliphatic rings. The Morgan fingerprint density at radius 2 is 1.02 bits per heavy atom. The number of allylic oxidation sites excluding steroid dienone is 4. The van der Waals surface area contributed by atoms with Crippen molar-refractivity contribution in [1.29, 1.82) is 0 Å². The van der Waals surface area contributed by atoms with Gasteiger partial charge in [-0.15, -0.1) is 0 Å². The van der Waals surface area contributed by atoms with E-state index in [1.165, 1.54) is 54.9 Å². The standard InChI is InChI=1S/C48H30O2/c1-2-10-29(11-3-1)30-18-20-31(21-19-30)46-35-13-4-6-15-37(35)47(38-16-7-5-14-36(38)46)33-23-25-44-41(27-33)42-26-32-22-24-39-34-12-8-9-17-43(34)50-48(39)40(32)28-45(42)49-44/h1-2,4-10,12-28H,3,11H2. The lowest BCUT2D eigenvalue weighted by molar-refractivity contribution is 0.667. The predicted octanol–water partition coefficient (Wildman–Crippen LogP) is 14.0. The first kappa shape index (κ1) is 27.6. The van der Waals surface area contributed by atoms with Gasteiger partial charge in [0.2, 0.25) is 0 Å². The van der Waals surface area contributed by atoms with Crippen molar-refractivity contribution < 1.29 is 8.83 Å². The quantitative estimate of drug-likeness (QED) is 0.180. The first-order valence-corrected chi connectivity index (χ1v) is 17.4. The van der Waals surface area contributed by atoms with Crippen molar-refractivity contribution in [1.82, 2.24) is 0 Å². The smallest absolute Gasteiger partial charge is 0.143 e. The van der Waals surface area contributed by atoms with E-state index in [4.69, 9.17) is 8.83 Å². The van der Waals surface area contributed by atoms with E-state index in [0.29, 0.717) is 0 Å². The molecule has 8 aromatic carbocycles. The van der Waals surface area contributed by atoms with E-state index in [-0.39, 0.29) is 0 Å². The minimum absolute atomic E-state index is 0.867. The molecule has 1 aliphatic carbocycles. The molecule has 2 heterocycles. The van der Waals surface area contributed by atoms with Crippen molar-refractivity contribution >= 4 is 81.8 Å². The highest BCUT2D eigenvalue weighted by Crippen LogP contribution is 2.45. The number of benzene rings is 8. The Labute approximate surface area is 288 Å². The molecule has 10 aromatic rings. The Morgan fingerprint density at radius 3 is 1.74 bits per heavy atom. The van der Waals surface area contributed by atoms with Crippen molar-refractivity contribution in [3.63, 3.8) is 0 Å². The summed E-state index contributed by atoms with van der Waals surface area (Å²) in [6.07, 6.45) is 8.87. The van der Waals surface area contributed by atoms with Gasteiger partial charge in [0.1, 0.15) is 22.3 Å². The van der Waals surface area contributed by atoms with E-state index in [9.17, 15) is 0 Å². The zero-order valence-corrected chi connectivity index (χ0v) is 27.2. The maximum atomic E-state index is 6.53. The van der Waals surface area contributed by atoms with Crippen LogP contribution < -0.4 is 0 Å². The molecule has 234 valence electrons. The highest BCUT2D eigenvalue weighted by Gasteiger charge is 2.19. The van der Waals surface area contributed by atoms with Crippen LogP contribution in [0.25, 0.3) is 104 Å². The lowest BCUT2D eigenvalue weighted by Gasteiger charge is -2.18. The summed E-state index contributed by atoms with van der Waals surface area (Å²) in [6, 6.07) is 50.6. The number of fused-ring (bicyclic) bond motifs is 10. The van der Waals surface area contributed by atoms with Crippen LogP contribution in [0.1, 0.15) is 18.4 Å². The molecule has 0 fully saturated rings. The topological polar surface area (TPSA) is 26.3 Å². The van der Waals surface area contributed by atoms with Gasteiger partial charge in [-0.05, 0) is 110 Å². The van der Waals surface area contributed by atoms with E-state index >= 15 is 0 Å². The lowest BCUT2D eigenvalue weighted by atomic mass is 9.85. The van der Waals surface area contributed by atoms with Crippen LogP contribution in [-0.4, -0.2) is 0 Å². The Hall–Kier alpha value is -6.38. The van der Waals surface area contributed by atoms with Gasteiger partial charge in [-0.25, -0.2) is 0 Å². The minimum Gasteiger partial charge on any atom is -0.456 e. The maximum Gasteiger partial charge on any atom is 0.143 e. The lowest BCUT2D eigenvalue weighted by Crippen LogP contribution is -1.92. The van der Waals surface area contributed by atoms with E-state index in [2.05, 4.69) is 146 Å². The predicted molar refractivity (Wildman–Crippen MR) is 211 cm³/mol. The molecule has 0 spiro atoms. The van der Waals surface area contributed by atoms with Crippen molar-refractivity contribution in [2.24, 2.45) is 0 Å². The third kappa shape index (κ3) is 4.02. The third-order valence-corrected chi connectivity index (χ3v) is 10.7. The first-order chi connectivity index (χ1) is 24.8. The zero-order chi connectivity index (χ0) is 32.8. The minimum atomic E-state index is 0.867. The monoisotopic (exact) mass is 638 g/mol. The summed E-state index contributed by atoms with van der Waals surface area (Å²) in [5.41, 5.74) is 11.2. The molecule has 0 aliphatic heterocycles. The Kier molecular flexibility index (Phi) is 5.82. The largest absolute Gasteiger partial charge is 0.456 e. The van der Waals surface area contributed by atoms with Gasteiger partial charge in [-0.2, -0.15) is 0 Å². The molecule has 0 bridgehead atoms. The van der Waals surface area contributed by atoms with E-state index in [1.54, 1.807) is 0 Å².